The second-order valence-corrected chi connectivity index (χ2v) is 10.1. The van der Waals surface area contributed by atoms with Crippen LogP contribution in [0.15, 0.2) is 24.3 Å². The molecule has 3 saturated heterocycles. The first-order valence-corrected chi connectivity index (χ1v) is 12.7. The molecule has 4 fully saturated rings. The highest BCUT2D eigenvalue weighted by Crippen LogP contribution is 2.37. The van der Waals surface area contributed by atoms with Crippen molar-refractivity contribution in [1.29, 1.82) is 0 Å². The lowest BCUT2D eigenvalue weighted by atomic mass is 9.78. The van der Waals surface area contributed by atoms with Crippen molar-refractivity contribution in [3.63, 3.8) is 0 Å². The van der Waals surface area contributed by atoms with Gasteiger partial charge in [-0.1, -0.05) is 12.1 Å². The minimum atomic E-state index is -0.0307. The first kappa shape index (κ1) is 22.6. The van der Waals surface area contributed by atoms with Crippen LogP contribution in [0.25, 0.3) is 0 Å². The maximum absolute atomic E-state index is 13.0. The van der Waals surface area contributed by atoms with Crippen LogP contribution in [0, 0.1) is 5.92 Å². The summed E-state index contributed by atoms with van der Waals surface area (Å²) in [6, 6.07) is 9.02. The van der Waals surface area contributed by atoms with Gasteiger partial charge in [0.25, 0.3) is 0 Å². The van der Waals surface area contributed by atoms with Crippen LogP contribution in [0.3, 0.4) is 0 Å². The normalized spacial score (nSPS) is 30.8. The molecule has 4 unspecified atom stereocenters. The summed E-state index contributed by atoms with van der Waals surface area (Å²) in [5.41, 5.74) is 5.82. The van der Waals surface area contributed by atoms with E-state index in [0.717, 1.165) is 70.5 Å². The van der Waals surface area contributed by atoms with E-state index in [2.05, 4.69) is 63.8 Å². The quantitative estimate of drug-likeness (QED) is 0.693. The molecule has 0 aromatic heterocycles. The monoisotopic (exact) mass is 454 g/mol. The van der Waals surface area contributed by atoms with Gasteiger partial charge >= 0.3 is 0 Å². The zero-order valence-corrected chi connectivity index (χ0v) is 20.0. The lowest BCUT2D eigenvalue weighted by Gasteiger charge is -2.51. The number of likely N-dealkylation sites (N-methyl/N-ethyl adjacent to an activating group) is 2. The Balaban J connectivity index is 1.16. The van der Waals surface area contributed by atoms with E-state index in [1.807, 2.05) is 4.90 Å². The van der Waals surface area contributed by atoms with Gasteiger partial charge in [0.15, 0.2) is 0 Å². The van der Waals surface area contributed by atoms with Crippen LogP contribution in [0.1, 0.15) is 38.2 Å². The molecular weight excluding hydrogens is 416 g/mol. The molecule has 8 nitrogen and oxygen atoms in total. The number of nitrogens with one attached hydrogen (secondary N) is 2. The second kappa shape index (κ2) is 9.60. The molecule has 0 radical (unpaired) electrons. The van der Waals surface area contributed by atoms with Crippen molar-refractivity contribution in [2.75, 3.05) is 51.2 Å². The predicted molar refractivity (Wildman–Crippen MR) is 129 cm³/mol. The van der Waals surface area contributed by atoms with Crippen molar-refractivity contribution in [3.05, 3.63) is 29.8 Å². The third kappa shape index (κ3) is 4.48. The maximum atomic E-state index is 13.0. The highest BCUT2D eigenvalue weighted by molar-refractivity contribution is 5.84. The number of benzene rings is 1. The number of anilines is 1. The second-order valence-electron chi connectivity index (χ2n) is 10.1. The van der Waals surface area contributed by atoms with E-state index >= 15 is 0 Å². The van der Waals surface area contributed by atoms with Gasteiger partial charge in [-0.3, -0.25) is 15.0 Å². The Morgan fingerprint density at radius 3 is 2.55 bits per heavy atom. The summed E-state index contributed by atoms with van der Waals surface area (Å²) in [6.07, 6.45) is 3.47. The number of fused-ring (bicyclic) bond motifs is 3. The Bertz CT molecular complexity index is 853. The van der Waals surface area contributed by atoms with Crippen molar-refractivity contribution in [1.82, 2.24) is 25.6 Å². The molecule has 5 rings (SSSR count). The smallest absolute Gasteiger partial charge is 0.241 e. The number of rotatable bonds is 5. The SMILES string of the molecule is CCN1C(=O)C2CCNN2C2CCC(C(=O)NCc3ccc(N4CCN(C)CC4)cc3)CC21. The van der Waals surface area contributed by atoms with Gasteiger partial charge in [-0.25, -0.2) is 5.01 Å². The predicted octanol–water partition coefficient (Wildman–Crippen LogP) is 1.03. The Morgan fingerprint density at radius 2 is 1.82 bits per heavy atom. The van der Waals surface area contributed by atoms with Crippen molar-refractivity contribution in [3.8, 4) is 0 Å². The highest BCUT2D eigenvalue weighted by atomic mass is 16.2. The van der Waals surface area contributed by atoms with Crippen molar-refractivity contribution >= 4 is 17.5 Å². The minimum Gasteiger partial charge on any atom is -0.369 e. The van der Waals surface area contributed by atoms with E-state index in [9.17, 15) is 9.59 Å². The Morgan fingerprint density at radius 1 is 1.06 bits per heavy atom. The van der Waals surface area contributed by atoms with Crippen LogP contribution in [0.2, 0.25) is 0 Å². The molecule has 1 aromatic carbocycles. The third-order valence-electron chi connectivity index (χ3n) is 8.14. The molecule has 4 aliphatic rings. The Kier molecular flexibility index (Phi) is 6.58. The molecule has 1 aromatic rings. The topological polar surface area (TPSA) is 71.2 Å². The van der Waals surface area contributed by atoms with Gasteiger partial charge in [-0.2, -0.15) is 0 Å². The van der Waals surface area contributed by atoms with Crippen molar-refractivity contribution < 1.29 is 9.59 Å². The maximum Gasteiger partial charge on any atom is 0.241 e. The first-order chi connectivity index (χ1) is 16.0. The summed E-state index contributed by atoms with van der Waals surface area (Å²) in [7, 11) is 2.17. The molecule has 4 atom stereocenters. The number of carbonyl (C=O) groups excluding carboxylic acids is 2. The van der Waals surface area contributed by atoms with Crippen LogP contribution in [-0.4, -0.2) is 91.1 Å². The summed E-state index contributed by atoms with van der Waals surface area (Å²) < 4.78 is 0. The summed E-state index contributed by atoms with van der Waals surface area (Å²) in [5.74, 6) is 0.318. The number of hydrogen-bond acceptors (Lipinski definition) is 6. The number of amides is 2. The van der Waals surface area contributed by atoms with Crippen LogP contribution >= 0.6 is 0 Å². The van der Waals surface area contributed by atoms with E-state index in [1.54, 1.807) is 0 Å². The Hall–Kier alpha value is -2.16. The molecule has 0 bridgehead atoms. The molecule has 180 valence electrons. The van der Waals surface area contributed by atoms with Gasteiger partial charge in [0, 0.05) is 69.5 Å². The summed E-state index contributed by atoms with van der Waals surface area (Å²) in [6.45, 7) is 8.50. The van der Waals surface area contributed by atoms with Gasteiger partial charge < -0.3 is 20.0 Å². The van der Waals surface area contributed by atoms with E-state index in [1.165, 1.54) is 5.69 Å². The van der Waals surface area contributed by atoms with E-state index in [-0.39, 0.29) is 29.8 Å². The van der Waals surface area contributed by atoms with Gasteiger partial charge in [0.2, 0.25) is 11.8 Å². The fraction of sp³-hybridized carbons (Fsp3) is 0.680. The molecule has 1 saturated carbocycles. The number of hydrazine groups is 1. The minimum absolute atomic E-state index is 0.0228. The molecule has 33 heavy (non-hydrogen) atoms. The van der Waals surface area contributed by atoms with E-state index in [0.29, 0.717) is 12.6 Å². The molecule has 3 heterocycles. The summed E-state index contributed by atoms with van der Waals surface area (Å²) in [5, 5.41) is 5.37. The first-order valence-electron chi connectivity index (χ1n) is 12.7. The molecule has 3 aliphatic heterocycles. The molecule has 0 spiro atoms. The zero-order chi connectivity index (χ0) is 22.9. The summed E-state index contributed by atoms with van der Waals surface area (Å²) in [4.78, 5) is 32.8. The van der Waals surface area contributed by atoms with Gasteiger partial charge in [0.1, 0.15) is 6.04 Å². The van der Waals surface area contributed by atoms with Gasteiger partial charge in [-0.05, 0) is 57.4 Å². The van der Waals surface area contributed by atoms with E-state index in [4.69, 9.17) is 0 Å². The largest absolute Gasteiger partial charge is 0.369 e. The molecule has 1 aliphatic carbocycles. The molecular formula is C25H38N6O2. The number of hydrogen-bond donors (Lipinski definition) is 2. The summed E-state index contributed by atoms with van der Waals surface area (Å²) >= 11 is 0. The number of carbonyl (C=O) groups is 2. The lowest BCUT2D eigenvalue weighted by Crippen LogP contribution is -2.68. The highest BCUT2D eigenvalue weighted by Gasteiger charge is 2.50. The van der Waals surface area contributed by atoms with Crippen LogP contribution < -0.4 is 15.6 Å². The van der Waals surface area contributed by atoms with Crippen LogP contribution in [-0.2, 0) is 16.1 Å². The Labute approximate surface area is 197 Å². The third-order valence-corrected chi connectivity index (χ3v) is 8.14. The molecule has 8 heteroatoms. The van der Waals surface area contributed by atoms with Crippen molar-refractivity contribution in [2.45, 2.75) is 57.3 Å². The molecule has 2 N–H and O–H groups in total. The average Bonchev–Trinajstić information content (AvgIpc) is 3.34. The van der Waals surface area contributed by atoms with Gasteiger partial charge in [-0.15, -0.1) is 0 Å². The average molecular weight is 455 g/mol. The number of nitrogens with zero attached hydrogens (tertiary/aromatic N) is 4. The van der Waals surface area contributed by atoms with Gasteiger partial charge in [0.05, 0.1) is 0 Å². The fourth-order valence-electron chi connectivity index (χ4n) is 6.17. The lowest BCUT2D eigenvalue weighted by molar-refractivity contribution is -0.155. The number of piperazine rings is 2. The van der Waals surface area contributed by atoms with E-state index < -0.39 is 0 Å². The molecule has 2 amide bonds. The fourth-order valence-corrected chi connectivity index (χ4v) is 6.17. The standard InChI is InChI=1S/C25H38N6O2/c1-3-30-23-16-19(6-9-21(23)31-22(25(30)33)10-11-27-31)24(32)26-17-18-4-7-20(8-5-18)29-14-12-28(2)13-15-29/h4-5,7-8,19,21-23,27H,3,6,9-17H2,1-2H3,(H,26,32). The zero-order valence-electron chi connectivity index (χ0n) is 20.0. The van der Waals surface area contributed by atoms with Crippen LogP contribution in [0.4, 0.5) is 5.69 Å². The van der Waals surface area contributed by atoms with Crippen LogP contribution in [0.5, 0.6) is 0 Å². The van der Waals surface area contributed by atoms with Crippen molar-refractivity contribution in [2.24, 2.45) is 5.92 Å².